The van der Waals surface area contributed by atoms with E-state index in [0.717, 1.165) is 16.3 Å². The van der Waals surface area contributed by atoms with Gasteiger partial charge in [-0.1, -0.05) is 12.1 Å². The third kappa shape index (κ3) is 2.67. The molecule has 0 atom stereocenters. The number of anilines is 2. The summed E-state index contributed by atoms with van der Waals surface area (Å²) in [4.78, 5) is 2.85. The van der Waals surface area contributed by atoms with Gasteiger partial charge in [0.2, 0.25) is 0 Å². The van der Waals surface area contributed by atoms with E-state index in [1.165, 1.54) is 0 Å². The second-order valence-corrected chi connectivity index (χ2v) is 4.89. The second-order valence-electron chi connectivity index (χ2n) is 4.05. The van der Waals surface area contributed by atoms with Crippen LogP contribution in [0.5, 0.6) is 5.75 Å². The molecule has 0 spiro atoms. The Hall–Kier alpha value is -2.12. The zero-order chi connectivity index (χ0) is 13.8. The van der Waals surface area contributed by atoms with Crippen LogP contribution in [0.3, 0.4) is 0 Å². The summed E-state index contributed by atoms with van der Waals surface area (Å²) >= 11 is 1.55. The summed E-state index contributed by atoms with van der Waals surface area (Å²) in [5.74, 6) is 0.212. The van der Waals surface area contributed by atoms with Crippen molar-refractivity contribution in [3.8, 4) is 11.8 Å². The maximum atomic E-state index is 9.54. The Morgan fingerprint density at radius 1 is 1.21 bits per heavy atom. The molecule has 0 fully saturated rings. The van der Waals surface area contributed by atoms with E-state index in [9.17, 15) is 10.4 Å². The second kappa shape index (κ2) is 5.68. The van der Waals surface area contributed by atoms with Gasteiger partial charge in [0.15, 0.2) is 0 Å². The lowest BCUT2D eigenvalue weighted by atomic mass is 10.1. The largest absolute Gasteiger partial charge is 0.508 e. The molecule has 0 saturated heterocycles. The van der Waals surface area contributed by atoms with Gasteiger partial charge < -0.3 is 10.0 Å². The zero-order valence-electron chi connectivity index (χ0n) is 10.8. The number of nitriles is 1. The standard InChI is InChI=1S/C15H14N2OS/c1-17(11-5-3-6-12(18)9-11)14-7-4-8-15(19-2)13(14)10-16/h3-9,18H,1-2H3. The predicted molar refractivity (Wildman–Crippen MR) is 79.1 cm³/mol. The summed E-state index contributed by atoms with van der Waals surface area (Å²) in [6.07, 6.45) is 1.95. The van der Waals surface area contributed by atoms with Crippen molar-refractivity contribution in [2.24, 2.45) is 0 Å². The average molecular weight is 270 g/mol. The molecule has 0 heterocycles. The Morgan fingerprint density at radius 2 is 1.95 bits per heavy atom. The summed E-state index contributed by atoms with van der Waals surface area (Å²) in [6.45, 7) is 0. The normalized spacial score (nSPS) is 9.95. The van der Waals surface area contributed by atoms with Crippen LogP contribution in [0.15, 0.2) is 47.4 Å². The monoisotopic (exact) mass is 270 g/mol. The molecule has 0 amide bonds. The van der Waals surface area contributed by atoms with Gasteiger partial charge in [0.1, 0.15) is 11.8 Å². The molecule has 19 heavy (non-hydrogen) atoms. The van der Waals surface area contributed by atoms with Gasteiger partial charge >= 0.3 is 0 Å². The van der Waals surface area contributed by atoms with Crippen molar-refractivity contribution >= 4 is 23.1 Å². The van der Waals surface area contributed by atoms with E-state index < -0.39 is 0 Å². The summed E-state index contributed by atoms with van der Waals surface area (Å²) in [5, 5.41) is 18.9. The molecule has 0 aliphatic rings. The Bertz CT molecular complexity index is 634. The van der Waals surface area contributed by atoms with E-state index in [1.807, 2.05) is 42.5 Å². The number of phenolic OH excluding ortho intramolecular Hbond substituents is 1. The minimum atomic E-state index is 0.212. The summed E-state index contributed by atoms with van der Waals surface area (Å²) in [7, 11) is 1.88. The van der Waals surface area contributed by atoms with Gasteiger partial charge in [-0.25, -0.2) is 0 Å². The number of thioether (sulfide) groups is 1. The van der Waals surface area contributed by atoms with Gasteiger partial charge in [0.25, 0.3) is 0 Å². The first-order chi connectivity index (χ1) is 9.17. The molecule has 2 aromatic carbocycles. The highest BCUT2D eigenvalue weighted by atomic mass is 32.2. The van der Waals surface area contributed by atoms with Gasteiger partial charge in [-0.05, 0) is 30.5 Å². The molecular formula is C15H14N2OS. The number of hydrogen-bond acceptors (Lipinski definition) is 4. The molecule has 0 aliphatic carbocycles. The van der Waals surface area contributed by atoms with Crippen LogP contribution in [0.2, 0.25) is 0 Å². The van der Waals surface area contributed by atoms with Gasteiger partial charge in [0.05, 0.1) is 11.3 Å². The topological polar surface area (TPSA) is 47.3 Å². The van der Waals surface area contributed by atoms with Gasteiger partial charge in [-0.15, -0.1) is 11.8 Å². The fourth-order valence-electron chi connectivity index (χ4n) is 1.92. The Balaban J connectivity index is 2.50. The van der Waals surface area contributed by atoms with E-state index in [4.69, 9.17) is 0 Å². The number of nitrogens with zero attached hydrogens (tertiary/aromatic N) is 2. The smallest absolute Gasteiger partial charge is 0.117 e. The minimum absolute atomic E-state index is 0.212. The van der Waals surface area contributed by atoms with Crippen molar-refractivity contribution in [1.29, 1.82) is 5.26 Å². The molecule has 1 N–H and O–H groups in total. The molecule has 0 bridgehead atoms. The summed E-state index contributed by atoms with van der Waals surface area (Å²) in [5.41, 5.74) is 2.33. The average Bonchev–Trinajstić information content (AvgIpc) is 2.45. The highest BCUT2D eigenvalue weighted by Crippen LogP contribution is 2.33. The van der Waals surface area contributed by atoms with Crippen LogP contribution in [0, 0.1) is 11.3 Å². The van der Waals surface area contributed by atoms with Gasteiger partial charge in [0, 0.05) is 23.7 Å². The lowest BCUT2D eigenvalue weighted by Gasteiger charge is -2.21. The van der Waals surface area contributed by atoms with Crippen molar-refractivity contribution in [2.75, 3.05) is 18.2 Å². The quantitative estimate of drug-likeness (QED) is 0.863. The van der Waals surface area contributed by atoms with Crippen molar-refractivity contribution < 1.29 is 5.11 Å². The van der Waals surface area contributed by atoms with E-state index in [1.54, 1.807) is 30.0 Å². The van der Waals surface area contributed by atoms with Crippen LogP contribution in [-0.2, 0) is 0 Å². The summed E-state index contributed by atoms with van der Waals surface area (Å²) in [6, 6.07) is 15.0. The van der Waals surface area contributed by atoms with Gasteiger partial charge in [-0.3, -0.25) is 0 Å². The molecule has 0 aliphatic heterocycles. The molecule has 0 unspecified atom stereocenters. The number of aromatic hydroxyl groups is 1. The van der Waals surface area contributed by atoms with Crippen LogP contribution in [0.25, 0.3) is 0 Å². The Kier molecular flexibility index (Phi) is 3.98. The van der Waals surface area contributed by atoms with Crippen molar-refractivity contribution in [1.82, 2.24) is 0 Å². The van der Waals surface area contributed by atoms with E-state index in [-0.39, 0.29) is 5.75 Å². The molecule has 0 aromatic heterocycles. The highest BCUT2D eigenvalue weighted by molar-refractivity contribution is 7.98. The fraction of sp³-hybridized carbons (Fsp3) is 0.133. The van der Waals surface area contributed by atoms with E-state index in [0.29, 0.717) is 5.56 Å². The summed E-state index contributed by atoms with van der Waals surface area (Å²) < 4.78 is 0. The van der Waals surface area contributed by atoms with Crippen LogP contribution in [0.1, 0.15) is 5.56 Å². The van der Waals surface area contributed by atoms with E-state index in [2.05, 4.69) is 6.07 Å². The molecule has 0 saturated carbocycles. The molecule has 2 rings (SSSR count). The molecule has 3 nitrogen and oxygen atoms in total. The lowest BCUT2D eigenvalue weighted by molar-refractivity contribution is 0.475. The van der Waals surface area contributed by atoms with Crippen LogP contribution in [0.4, 0.5) is 11.4 Å². The first-order valence-corrected chi connectivity index (χ1v) is 6.99. The third-order valence-corrected chi connectivity index (χ3v) is 3.69. The SMILES string of the molecule is CSc1cccc(N(C)c2cccc(O)c2)c1C#N. The van der Waals surface area contributed by atoms with Crippen molar-refractivity contribution in [2.45, 2.75) is 4.90 Å². The fourth-order valence-corrected chi connectivity index (χ4v) is 2.49. The predicted octanol–water partition coefficient (Wildman–Crippen LogP) is 3.75. The van der Waals surface area contributed by atoms with Crippen LogP contribution >= 0.6 is 11.8 Å². The first kappa shape index (κ1) is 13.3. The molecule has 2 aromatic rings. The third-order valence-electron chi connectivity index (χ3n) is 2.91. The zero-order valence-corrected chi connectivity index (χ0v) is 11.6. The first-order valence-electron chi connectivity index (χ1n) is 5.77. The minimum Gasteiger partial charge on any atom is -0.508 e. The maximum Gasteiger partial charge on any atom is 0.117 e. The van der Waals surface area contributed by atoms with Crippen LogP contribution in [-0.4, -0.2) is 18.4 Å². The number of rotatable bonds is 3. The van der Waals surface area contributed by atoms with Crippen molar-refractivity contribution in [3.63, 3.8) is 0 Å². The molecule has 96 valence electrons. The highest BCUT2D eigenvalue weighted by Gasteiger charge is 2.12. The maximum absolute atomic E-state index is 9.54. The number of hydrogen-bond donors (Lipinski definition) is 1. The number of benzene rings is 2. The van der Waals surface area contributed by atoms with Crippen molar-refractivity contribution in [3.05, 3.63) is 48.0 Å². The molecule has 4 heteroatoms. The molecule has 0 radical (unpaired) electrons. The Morgan fingerprint density at radius 3 is 2.58 bits per heavy atom. The van der Waals surface area contributed by atoms with Gasteiger partial charge in [-0.2, -0.15) is 5.26 Å². The number of phenols is 1. The van der Waals surface area contributed by atoms with Crippen LogP contribution < -0.4 is 4.90 Å². The van der Waals surface area contributed by atoms with E-state index >= 15 is 0 Å². The molecular weight excluding hydrogens is 256 g/mol. The Labute approximate surface area is 117 Å². The lowest BCUT2D eigenvalue weighted by Crippen LogP contribution is -2.11.